The Hall–Kier alpha value is -0.610. The van der Waals surface area contributed by atoms with Crippen molar-refractivity contribution in [1.82, 2.24) is 15.1 Å². The van der Waals surface area contributed by atoms with Crippen molar-refractivity contribution in [2.24, 2.45) is 11.3 Å². The first kappa shape index (κ1) is 15.8. The van der Waals surface area contributed by atoms with E-state index in [2.05, 4.69) is 35.9 Å². The number of amides is 1. The minimum Gasteiger partial charge on any atom is -0.340 e. The van der Waals surface area contributed by atoms with E-state index < -0.39 is 0 Å². The molecule has 4 heteroatoms. The lowest BCUT2D eigenvalue weighted by molar-refractivity contribution is -0.138. The highest BCUT2D eigenvalue weighted by atomic mass is 16.2. The highest BCUT2D eigenvalue weighted by Gasteiger charge is 2.28. The average molecular weight is 281 g/mol. The number of nitrogens with zero attached hydrogens (tertiary/aromatic N) is 2. The molecule has 20 heavy (non-hydrogen) atoms. The highest BCUT2D eigenvalue weighted by molar-refractivity contribution is 5.79. The molecule has 2 heterocycles. The zero-order valence-electron chi connectivity index (χ0n) is 13.5. The lowest BCUT2D eigenvalue weighted by Crippen LogP contribution is -2.51. The molecule has 2 saturated heterocycles. The third-order valence-electron chi connectivity index (χ3n) is 4.55. The molecule has 0 atom stereocenters. The Morgan fingerprint density at radius 2 is 1.70 bits per heavy atom. The van der Waals surface area contributed by atoms with Crippen LogP contribution in [0.25, 0.3) is 0 Å². The molecule has 4 nitrogen and oxygen atoms in total. The van der Waals surface area contributed by atoms with Crippen LogP contribution in [0.1, 0.15) is 40.0 Å². The van der Waals surface area contributed by atoms with Gasteiger partial charge in [-0.05, 0) is 44.3 Å². The van der Waals surface area contributed by atoms with E-state index in [1.807, 2.05) is 0 Å². The van der Waals surface area contributed by atoms with Gasteiger partial charge in [0.15, 0.2) is 0 Å². The van der Waals surface area contributed by atoms with Crippen LogP contribution >= 0.6 is 0 Å². The molecule has 0 unspecified atom stereocenters. The van der Waals surface area contributed by atoms with Crippen LogP contribution in [-0.2, 0) is 4.79 Å². The standard InChI is InChI=1S/C16H31N3O/c1-16(2,3)6-9-18-10-12-19(13-11-18)15(20)14-4-7-17-8-5-14/h14,17H,4-13H2,1-3H3. The lowest BCUT2D eigenvalue weighted by Gasteiger charge is -2.38. The summed E-state index contributed by atoms with van der Waals surface area (Å²) in [4.78, 5) is 17.1. The molecule has 1 N–H and O–H groups in total. The maximum Gasteiger partial charge on any atom is 0.225 e. The summed E-state index contributed by atoms with van der Waals surface area (Å²) < 4.78 is 0. The number of rotatable bonds is 3. The number of piperazine rings is 1. The quantitative estimate of drug-likeness (QED) is 0.853. The minimum atomic E-state index is 0.275. The summed E-state index contributed by atoms with van der Waals surface area (Å²) in [6, 6.07) is 0. The number of carbonyl (C=O) groups is 1. The molecule has 0 radical (unpaired) electrons. The number of nitrogens with one attached hydrogen (secondary N) is 1. The molecule has 0 aromatic carbocycles. The van der Waals surface area contributed by atoms with E-state index in [0.717, 1.165) is 52.1 Å². The van der Waals surface area contributed by atoms with Crippen LogP contribution in [0.15, 0.2) is 0 Å². The Morgan fingerprint density at radius 3 is 2.25 bits per heavy atom. The molecule has 116 valence electrons. The molecule has 0 bridgehead atoms. The number of carbonyl (C=O) groups excluding carboxylic acids is 1. The normalized spacial score (nSPS) is 23.1. The van der Waals surface area contributed by atoms with Gasteiger partial charge < -0.3 is 10.2 Å². The van der Waals surface area contributed by atoms with Crippen LogP contribution in [-0.4, -0.2) is 61.5 Å². The average Bonchev–Trinajstić information content (AvgIpc) is 2.45. The Bertz CT molecular complexity index is 310. The molecule has 2 rings (SSSR count). The van der Waals surface area contributed by atoms with Crippen LogP contribution in [0.2, 0.25) is 0 Å². The molecule has 0 aromatic heterocycles. The fourth-order valence-electron chi connectivity index (χ4n) is 3.01. The van der Waals surface area contributed by atoms with Crippen LogP contribution in [0.5, 0.6) is 0 Å². The first-order chi connectivity index (χ1) is 9.46. The maximum atomic E-state index is 12.5. The fourth-order valence-corrected chi connectivity index (χ4v) is 3.01. The zero-order valence-corrected chi connectivity index (χ0v) is 13.5. The second-order valence-corrected chi connectivity index (χ2v) is 7.50. The second kappa shape index (κ2) is 6.90. The SMILES string of the molecule is CC(C)(C)CCN1CCN(C(=O)C2CCNCC2)CC1. The van der Waals surface area contributed by atoms with Gasteiger partial charge in [-0.3, -0.25) is 9.69 Å². The molecule has 2 aliphatic rings. The molecule has 0 spiro atoms. The van der Waals surface area contributed by atoms with Gasteiger partial charge in [-0.1, -0.05) is 20.8 Å². The molecule has 2 aliphatic heterocycles. The van der Waals surface area contributed by atoms with E-state index in [9.17, 15) is 4.79 Å². The molecule has 0 aromatic rings. The molecular formula is C16H31N3O. The summed E-state index contributed by atoms with van der Waals surface area (Å²) in [6.45, 7) is 14.0. The van der Waals surface area contributed by atoms with Crippen molar-refractivity contribution in [1.29, 1.82) is 0 Å². The van der Waals surface area contributed by atoms with Crippen LogP contribution in [0.3, 0.4) is 0 Å². The third kappa shape index (κ3) is 4.74. The predicted octanol–water partition coefficient (Wildman–Crippen LogP) is 1.57. The van der Waals surface area contributed by atoms with Crippen molar-refractivity contribution in [2.45, 2.75) is 40.0 Å². The Balaban J connectivity index is 1.72. The van der Waals surface area contributed by atoms with Crippen molar-refractivity contribution in [2.75, 3.05) is 45.8 Å². The Morgan fingerprint density at radius 1 is 1.10 bits per heavy atom. The largest absolute Gasteiger partial charge is 0.340 e. The molecule has 0 aliphatic carbocycles. The van der Waals surface area contributed by atoms with Gasteiger partial charge >= 0.3 is 0 Å². The van der Waals surface area contributed by atoms with E-state index in [4.69, 9.17) is 0 Å². The van der Waals surface area contributed by atoms with E-state index in [1.54, 1.807) is 0 Å². The first-order valence-corrected chi connectivity index (χ1v) is 8.17. The van der Waals surface area contributed by atoms with Gasteiger partial charge in [0.1, 0.15) is 0 Å². The summed E-state index contributed by atoms with van der Waals surface area (Å²) in [6.07, 6.45) is 3.27. The third-order valence-corrected chi connectivity index (χ3v) is 4.55. The van der Waals surface area contributed by atoms with Gasteiger partial charge in [0.2, 0.25) is 5.91 Å². The van der Waals surface area contributed by atoms with E-state index in [-0.39, 0.29) is 5.92 Å². The van der Waals surface area contributed by atoms with Crippen LogP contribution in [0, 0.1) is 11.3 Å². The summed E-state index contributed by atoms with van der Waals surface area (Å²) in [5.74, 6) is 0.680. The number of hydrogen-bond donors (Lipinski definition) is 1. The monoisotopic (exact) mass is 281 g/mol. The van der Waals surface area contributed by atoms with Crippen molar-refractivity contribution in [3.05, 3.63) is 0 Å². The number of hydrogen-bond acceptors (Lipinski definition) is 3. The van der Waals surface area contributed by atoms with E-state index in [0.29, 0.717) is 11.3 Å². The molecule has 2 fully saturated rings. The molecule has 0 saturated carbocycles. The first-order valence-electron chi connectivity index (χ1n) is 8.17. The van der Waals surface area contributed by atoms with Crippen molar-refractivity contribution < 1.29 is 4.79 Å². The van der Waals surface area contributed by atoms with Gasteiger partial charge in [-0.15, -0.1) is 0 Å². The maximum absolute atomic E-state index is 12.5. The van der Waals surface area contributed by atoms with Gasteiger partial charge in [0.05, 0.1) is 0 Å². The van der Waals surface area contributed by atoms with Gasteiger partial charge in [0, 0.05) is 32.1 Å². The van der Waals surface area contributed by atoms with Gasteiger partial charge in [-0.2, -0.15) is 0 Å². The summed E-state index contributed by atoms with van der Waals surface area (Å²) in [5, 5.41) is 3.33. The van der Waals surface area contributed by atoms with E-state index >= 15 is 0 Å². The second-order valence-electron chi connectivity index (χ2n) is 7.50. The van der Waals surface area contributed by atoms with Crippen molar-refractivity contribution >= 4 is 5.91 Å². The summed E-state index contributed by atoms with van der Waals surface area (Å²) in [5.41, 5.74) is 0.405. The van der Waals surface area contributed by atoms with E-state index in [1.165, 1.54) is 13.0 Å². The number of piperidine rings is 1. The van der Waals surface area contributed by atoms with Gasteiger partial charge in [-0.25, -0.2) is 0 Å². The van der Waals surface area contributed by atoms with Crippen molar-refractivity contribution in [3.8, 4) is 0 Å². The Kier molecular flexibility index (Phi) is 5.44. The smallest absolute Gasteiger partial charge is 0.225 e. The summed E-state index contributed by atoms with van der Waals surface area (Å²) in [7, 11) is 0. The highest BCUT2D eigenvalue weighted by Crippen LogP contribution is 2.20. The fraction of sp³-hybridized carbons (Fsp3) is 0.938. The van der Waals surface area contributed by atoms with Gasteiger partial charge in [0.25, 0.3) is 0 Å². The zero-order chi connectivity index (χ0) is 14.6. The topological polar surface area (TPSA) is 35.6 Å². The minimum absolute atomic E-state index is 0.275. The summed E-state index contributed by atoms with van der Waals surface area (Å²) >= 11 is 0. The molecule has 1 amide bonds. The lowest BCUT2D eigenvalue weighted by atomic mass is 9.92. The predicted molar refractivity (Wildman–Crippen MR) is 82.7 cm³/mol. The van der Waals surface area contributed by atoms with Crippen LogP contribution < -0.4 is 5.32 Å². The van der Waals surface area contributed by atoms with Crippen molar-refractivity contribution in [3.63, 3.8) is 0 Å². The van der Waals surface area contributed by atoms with Crippen LogP contribution in [0.4, 0.5) is 0 Å². The Labute approximate surface area is 123 Å². The molecular weight excluding hydrogens is 250 g/mol.